The summed E-state index contributed by atoms with van der Waals surface area (Å²) >= 11 is 12.3. The van der Waals surface area contributed by atoms with Crippen LogP contribution < -0.4 is 0 Å². The molecule has 2 fully saturated rings. The van der Waals surface area contributed by atoms with E-state index in [4.69, 9.17) is 23.2 Å². The molecule has 0 bridgehead atoms. The van der Waals surface area contributed by atoms with Crippen LogP contribution in [0.25, 0.3) is 0 Å². The van der Waals surface area contributed by atoms with Crippen molar-refractivity contribution in [2.24, 2.45) is 5.92 Å². The van der Waals surface area contributed by atoms with Crippen LogP contribution in [-0.4, -0.2) is 48.4 Å². The lowest BCUT2D eigenvalue weighted by Crippen LogP contribution is -2.37. The Labute approximate surface area is 177 Å². The van der Waals surface area contributed by atoms with Crippen molar-refractivity contribution in [1.82, 2.24) is 9.80 Å². The van der Waals surface area contributed by atoms with Crippen molar-refractivity contribution in [3.05, 3.63) is 69.7 Å². The van der Waals surface area contributed by atoms with Crippen LogP contribution >= 0.6 is 23.2 Å². The number of rotatable bonds is 4. The molecule has 1 unspecified atom stereocenters. The molecule has 1 amide bonds. The summed E-state index contributed by atoms with van der Waals surface area (Å²) in [7, 11) is 0. The molecule has 4 rings (SSSR count). The van der Waals surface area contributed by atoms with Crippen LogP contribution in [0, 0.1) is 5.92 Å². The first-order valence-electron chi connectivity index (χ1n) is 10.1. The summed E-state index contributed by atoms with van der Waals surface area (Å²) in [5.41, 5.74) is 1.98. The number of nitrogens with zero attached hydrogens (tertiary/aromatic N) is 2. The highest BCUT2D eigenvalue weighted by Crippen LogP contribution is 2.30. The zero-order chi connectivity index (χ0) is 19.5. The summed E-state index contributed by atoms with van der Waals surface area (Å²) in [5.74, 6) is 1.22. The lowest BCUT2D eigenvalue weighted by Gasteiger charge is -2.33. The maximum Gasteiger partial charge on any atom is 0.255 e. The van der Waals surface area contributed by atoms with Gasteiger partial charge in [-0.05, 0) is 61.9 Å². The molecule has 2 aromatic rings. The molecule has 1 atom stereocenters. The zero-order valence-electron chi connectivity index (χ0n) is 16.0. The standard InChI is InChI=1S/C23H26Cl2N2O/c24-21-8-4-7-20(22(21)25)23(28)27-14-9-17(16-27)15-26-12-10-19(11-13-26)18-5-2-1-3-6-18/h1-8,17,19H,9-16H2. The van der Waals surface area contributed by atoms with E-state index in [0.29, 0.717) is 27.4 Å². The van der Waals surface area contributed by atoms with Crippen LogP contribution in [0.1, 0.15) is 41.1 Å². The van der Waals surface area contributed by atoms with E-state index in [2.05, 4.69) is 35.2 Å². The molecule has 0 aromatic heterocycles. The minimum atomic E-state index is -0.00205. The molecule has 2 aliphatic rings. The molecule has 0 N–H and O–H groups in total. The minimum absolute atomic E-state index is 0.00205. The van der Waals surface area contributed by atoms with Crippen LogP contribution in [0.2, 0.25) is 10.0 Å². The molecule has 28 heavy (non-hydrogen) atoms. The monoisotopic (exact) mass is 416 g/mol. The number of benzene rings is 2. The maximum absolute atomic E-state index is 12.8. The number of hydrogen-bond donors (Lipinski definition) is 0. The summed E-state index contributed by atoms with van der Waals surface area (Å²) in [5, 5.41) is 0.796. The van der Waals surface area contributed by atoms with Crippen LogP contribution in [0.15, 0.2) is 48.5 Å². The van der Waals surface area contributed by atoms with E-state index < -0.39 is 0 Å². The second-order valence-corrected chi connectivity index (χ2v) is 8.78. The van der Waals surface area contributed by atoms with Crippen molar-refractivity contribution < 1.29 is 4.79 Å². The second-order valence-electron chi connectivity index (χ2n) is 7.99. The Morgan fingerprint density at radius 2 is 1.68 bits per heavy atom. The smallest absolute Gasteiger partial charge is 0.255 e. The van der Waals surface area contributed by atoms with Crippen LogP contribution in [0.4, 0.5) is 0 Å². The molecule has 2 aromatic carbocycles. The predicted molar refractivity (Wildman–Crippen MR) is 115 cm³/mol. The van der Waals surface area contributed by atoms with Gasteiger partial charge in [0.2, 0.25) is 0 Å². The molecule has 2 saturated heterocycles. The first-order valence-corrected chi connectivity index (χ1v) is 10.9. The fourth-order valence-corrected chi connectivity index (χ4v) is 4.93. The minimum Gasteiger partial charge on any atom is -0.338 e. The number of likely N-dealkylation sites (tertiary alicyclic amines) is 2. The van der Waals surface area contributed by atoms with E-state index in [1.54, 1.807) is 18.2 Å². The normalized spacial score (nSPS) is 21.2. The van der Waals surface area contributed by atoms with Crippen molar-refractivity contribution >= 4 is 29.1 Å². The number of halogens is 2. The molecular formula is C23H26Cl2N2O. The fourth-order valence-electron chi connectivity index (χ4n) is 4.54. The Kier molecular flexibility index (Phi) is 6.25. The SMILES string of the molecule is O=C(c1cccc(Cl)c1Cl)N1CCC(CN2CCC(c3ccccc3)CC2)C1. The lowest BCUT2D eigenvalue weighted by molar-refractivity contribution is 0.0782. The molecule has 5 heteroatoms. The van der Waals surface area contributed by atoms with Crippen molar-refractivity contribution in [3.8, 4) is 0 Å². The van der Waals surface area contributed by atoms with Crippen molar-refractivity contribution in [2.75, 3.05) is 32.7 Å². The zero-order valence-corrected chi connectivity index (χ0v) is 17.5. The Morgan fingerprint density at radius 3 is 2.43 bits per heavy atom. The molecule has 0 radical (unpaired) electrons. The lowest BCUT2D eigenvalue weighted by atomic mass is 9.89. The van der Waals surface area contributed by atoms with Crippen molar-refractivity contribution in [1.29, 1.82) is 0 Å². The van der Waals surface area contributed by atoms with Gasteiger partial charge in [-0.2, -0.15) is 0 Å². The summed E-state index contributed by atoms with van der Waals surface area (Å²) in [6.45, 7) is 4.97. The van der Waals surface area contributed by atoms with Crippen LogP contribution in [0.5, 0.6) is 0 Å². The van der Waals surface area contributed by atoms with E-state index in [-0.39, 0.29) is 5.91 Å². The van der Waals surface area contributed by atoms with Gasteiger partial charge in [0.05, 0.1) is 15.6 Å². The van der Waals surface area contributed by atoms with Gasteiger partial charge >= 0.3 is 0 Å². The van der Waals surface area contributed by atoms with Crippen molar-refractivity contribution in [2.45, 2.75) is 25.2 Å². The van der Waals surface area contributed by atoms with Crippen LogP contribution in [-0.2, 0) is 0 Å². The van der Waals surface area contributed by atoms with Gasteiger partial charge in [-0.1, -0.05) is 59.6 Å². The van der Waals surface area contributed by atoms with E-state index in [1.807, 2.05) is 4.90 Å². The third-order valence-electron chi connectivity index (χ3n) is 6.13. The first-order chi connectivity index (χ1) is 13.6. The molecule has 0 aliphatic carbocycles. The van der Waals surface area contributed by atoms with Gasteiger partial charge < -0.3 is 9.80 Å². The highest BCUT2D eigenvalue weighted by Gasteiger charge is 2.30. The number of amides is 1. The van der Waals surface area contributed by atoms with Gasteiger partial charge in [0, 0.05) is 19.6 Å². The number of carbonyl (C=O) groups is 1. The second kappa shape index (κ2) is 8.86. The summed E-state index contributed by atoms with van der Waals surface area (Å²) in [4.78, 5) is 17.3. The highest BCUT2D eigenvalue weighted by molar-refractivity contribution is 6.43. The Hall–Kier alpha value is -1.55. The Balaban J connectivity index is 1.28. The van der Waals surface area contributed by atoms with Crippen LogP contribution in [0.3, 0.4) is 0 Å². The quantitative estimate of drug-likeness (QED) is 0.671. The van der Waals surface area contributed by atoms with E-state index in [0.717, 1.165) is 39.1 Å². The summed E-state index contributed by atoms with van der Waals surface area (Å²) in [6.07, 6.45) is 3.50. The molecular weight excluding hydrogens is 391 g/mol. The van der Waals surface area contributed by atoms with Gasteiger partial charge in [-0.15, -0.1) is 0 Å². The Morgan fingerprint density at radius 1 is 0.929 bits per heavy atom. The molecule has 2 aliphatic heterocycles. The van der Waals surface area contributed by atoms with Gasteiger partial charge in [0.25, 0.3) is 5.91 Å². The third kappa shape index (κ3) is 4.37. The first kappa shape index (κ1) is 19.8. The average Bonchev–Trinajstić information content (AvgIpc) is 3.19. The topological polar surface area (TPSA) is 23.6 Å². The highest BCUT2D eigenvalue weighted by atomic mass is 35.5. The number of carbonyl (C=O) groups excluding carboxylic acids is 1. The van der Waals surface area contributed by atoms with Gasteiger partial charge in [0.1, 0.15) is 0 Å². The summed E-state index contributed by atoms with van der Waals surface area (Å²) in [6, 6.07) is 16.1. The largest absolute Gasteiger partial charge is 0.338 e. The maximum atomic E-state index is 12.8. The Bertz CT molecular complexity index is 819. The predicted octanol–water partition coefficient (Wildman–Crippen LogP) is 5.34. The van der Waals surface area contributed by atoms with E-state index in [9.17, 15) is 4.79 Å². The number of hydrogen-bond acceptors (Lipinski definition) is 2. The molecule has 3 nitrogen and oxygen atoms in total. The van der Waals surface area contributed by atoms with E-state index in [1.165, 1.54) is 18.4 Å². The fraction of sp³-hybridized carbons (Fsp3) is 0.435. The molecule has 2 heterocycles. The average molecular weight is 417 g/mol. The molecule has 148 valence electrons. The van der Waals surface area contributed by atoms with Gasteiger partial charge in [-0.3, -0.25) is 4.79 Å². The molecule has 0 spiro atoms. The van der Waals surface area contributed by atoms with Gasteiger partial charge in [0.15, 0.2) is 0 Å². The van der Waals surface area contributed by atoms with E-state index >= 15 is 0 Å². The van der Waals surface area contributed by atoms with Gasteiger partial charge in [-0.25, -0.2) is 0 Å². The third-order valence-corrected chi connectivity index (χ3v) is 6.95. The molecule has 0 saturated carbocycles. The summed E-state index contributed by atoms with van der Waals surface area (Å²) < 4.78 is 0. The van der Waals surface area contributed by atoms with Crippen molar-refractivity contribution in [3.63, 3.8) is 0 Å². The number of piperidine rings is 1.